The van der Waals surface area contributed by atoms with Crippen molar-refractivity contribution < 1.29 is 0 Å². The second-order valence-corrected chi connectivity index (χ2v) is 7.20. The van der Waals surface area contributed by atoms with E-state index in [4.69, 9.17) is 28.2 Å². The summed E-state index contributed by atoms with van der Waals surface area (Å²) in [5.74, 6) is 0. The molecule has 1 atom stereocenters. The number of hydrogen-bond donors (Lipinski definition) is 1. The lowest BCUT2D eigenvalue weighted by Crippen LogP contribution is -2.24. The van der Waals surface area contributed by atoms with Gasteiger partial charge in [0.2, 0.25) is 0 Å². The van der Waals surface area contributed by atoms with Gasteiger partial charge in [-0.2, -0.15) is 0 Å². The molecular formula is C16H18Cl2N2S. The van der Waals surface area contributed by atoms with E-state index < -0.39 is 0 Å². The highest BCUT2D eigenvalue weighted by atomic mass is 35.5. The monoisotopic (exact) mass is 340 g/mol. The number of fused-ring (bicyclic) bond motifs is 1. The Kier molecular flexibility index (Phi) is 4.85. The fourth-order valence-electron chi connectivity index (χ4n) is 2.69. The highest BCUT2D eigenvalue weighted by molar-refractivity contribution is 7.15. The summed E-state index contributed by atoms with van der Waals surface area (Å²) in [5.41, 5.74) is 2.30. The summed E-state index contributed by atoms with van der Waals surface area (Å²) < 4.78 is 0. The molecule has 3 rings (SSSR count). The predicted octanol–water partition coefficient (Wildman–Crippen LogP) is 5.49. The summed E-state index contributed by atoms with van der Waals surface area (Å²) in [5, 5.41) is 5.85. The zero-order valence-corrected chi connectivity index (χ0v) is 14.3. The first-order valence-electron chi connectivity index (χ1n) is 7.37. The van der Waals surface area contributed by atoms with E-state index >= 15 is 0 Å². The number of aromatic nitrogens is 1. The van der Waals surface area contributed by atoms with E-state index in [1.807, 2.05) is 18.2 Å². The first-order valence-corrected chi connectivity index (χ1v) is 8.94. The Morgan fingerprint density at radius 2 is 2.19 bits per heavy atom. The van der Waals surface area contributed by atoms with Gasteiger partial charge in [-0.15, -0.1) is 11.3 Å². The minimum Gasteiger partial charge on any atom is -0.309 e. The van der Waals surface area contributed by atoms with Crippen LogP contribution in [0, 0.1) is 0 Å². The molecule has 1 aliphatic carbocycles. The molecule has 0 radical (unpaired) electrons. The normalized spacial score (nSPS) is 17.8. The van der Waals surface area contributed by atoms with Crippen LogP contribution in [0.2, 0.25) is 10.0 Å². The molecule has 1 N–H and O–H groups in total. The van der Waals surface area contributed by atoms with Gasteiger partial charge in [0, 0.05) is 16.5 Å². The molecule has 5 heteroatoms. The van der Waals surface area contributed by atoms with E-state index in [9.17, 15) is 0 Å². The summed E-state index contributed by atoms with van der Waals surface area (Å²) in [6, 6.07) is 6.20. The van der Waals surface area contributed by atoms with Gasteiger partial charge in [-0.3, -0.25) is 0 Å². The highest BCUT2D eigenvalue weighted by Gasteiger charge is 2.24. The highest BCUT2D eigenvalue weighted by Crippen LogP contribution is 2.39. The number of benzene rings is 1. The molecule has 0 bridgehead atoms. The fourth-order valence-corrected chi connectivity index (χ4v) is 4.20. The molecule has 1 aromatic heterocycles. The Morgan fingerprint density at radius 3 is 2.95 bits per heavy atom. The molecule has 0 saturated carbocycles. The van der Waals surface area contributed by atoms with Gasteiger partial charge in [0.05, 0.1) is 15.7 Å². The second-order valence-electron chi connectivity index (χ2n) is 5.36. The molecule has 1 heterocycles. The van der Waals surface area contributed by atoms with Gasteiger partial charge in [0.1, 0.15) is 5.01 Å². The summed E-state index contributed by atoms with van der Waals surface area (Å²) in [6.07, 6.45) is 4.65. The SMILES string of the molecule is CCCNC1CCCc2nc(-c3ccc(Cl)c(Cl)c3)sc21. The van der Waals surface area contributed by atoms with Gasteiger partial charge >= 0.3 is 0 Å². The van der Waals surface area contributed by atoms with Crippen LogP contribution in [0.5, 0.6) is 0 Å². The maximum absolute atomic E-state index is 6.12. The Morgan fingerprint density at radius 1 is 1.33 bits per heavy atom. The molecule has 2 nitrogen and oxygen atoms in total. The second kappa shape index (κ2) is 6.66. The molecule has 0 saturated heterocycles. The van der Waals surface area contributed by atoms with Crippen molar-refractivity contribution in [3.05, 3.63) is 38.8 Å². The molecule has 0 fully saturated rings. The van der Waals surface area contributed by atoms with Crippen LogP contribution in [-0.4, -0.2) is 11.5 Å². The Hall–Kier alpha value is -0.610. The maximum Gasteiger partial charge on any atom is 0.123 e. The third-order valence-electron chi connectivity index (χ3n) is 3.76. The van der Waals surface area contributed by atoms with Crippen molar-refractivity contribution in [3.63, 3.8) is 0 Å². The van der Waals surface area contributed by atoms with Crippen molar-refractivity contribution in [2.24, 2.45) is 0 Å². The number of rotatable bonds is 4. The van der Waals surface area contributed by atoms with E-state index in [-0.39, 0.29) is 0 Å². The van der Waals surface area contributed by atoms with Crippen LogP contribution in [0.3, 0.4) is 0 Å². The number of nitrogens with one attached hydrogen (secondary N) is 1. The van der Waals surface area contributed by atoms with Crippen LogP contribution < -0.4 is 5.32 Å². The van der Waals surface area contributed by atoms with Crippen LogP contribution in [-0.2, 0) is 6.42 Å². The molecule has 1 unspecified atom stereocenters. The molecule has 2 aromatic rings. The first-order chi connectivity index (χ1) is 10.2. The average Bonchev–Trinajstić information content (AvgIpc) is 2.92. The van der Waals surface area contributed by atoms with Crippen LogP contribution in [0.15, 0.2) is 18.2 Å². The molecule has 112 valence electrons. The Balaban J connectivity index is 1.91. The zero-order chi connectivity index (χ0) is 14.8. The van der Waals surface area contributed by atoms with Gasteiger partial charge in [-0.25, -0.2) is 4.98 Å². The van der Waals surface area contributed by atoms with Crippen LogP contribution >= 0.6 is 34.5 Å². The summed E-state index contributed by atoms with van der Waals surface area (Å²) in [7, 11) is 0. The van der Waals surface area contributed by atoms with E-state index in [1.165, 1.54) is 23.4 Å². The lowest BCUT2D eigenvalue weighted by atomic mass is 9.98. The molecule has 1 aromatic carbocycles. The lowest BCUT2D eigenvalue weighted by molar-refractivity contribution is 0.465. The maximum atomic E-state index is 6.12. The fraction of sp³-hybridized carbons (Fsp3) is 0.438. The Labute approximate surface area is 139 Å². The van der Waals surface area contributed by atoms with Crippen LogP contribution in [0.1, 0.15) is 42.8 Å². The van der Waals surface area contributed by atoms with Crippen molar-refractivity contribution in [2.75, 3.05) is 6.54 Å². The molecular weight excluding hydrogens is 323 g/mol. The Bertz CT molecular complexity index is 639. The van der Waals surface area contributed by atoms with E-state index in [0.717, 1.165) is 30.0 Å². The number of thiazole rings is 1. The third-order valence-corrected chi connectivity index (χ3v) is 5.76. The average molecular weight is 341 g/mol. The minimum absolute atomic E-state index is 0.461. The topological polar surface area (TPSA) is 24.9 Å². The zero-order valence-electron chi connectivity index (χ0n) is 12.0. The predicted molar refractivity (Wildman–Crippen MR) is 91.5 cm³/mol. The number of hydrogen-bond acceptors (Lipinski definition) is 3. The van der Waals surface area contributed by atoms with Crippen molar-refractivity contribution >= 4 is 34.5 Å². The van der Waals surface area contributed by atoms with E-state index in [2.05, 4.69) is 12.2 Å². The van der Waals surface area contributed by atoms with Gasteiger partial charge in [-0.05, 0) is 44.4 Å². The largest absolute Gasteiger partial charge is 0.309 e. The third kappa shape index (κ3) is 3.26. The van der Waals surface area contributed by atoms with Crippen molar-refractivity contribution in [2.45, 2.75) is 38.6 Å². The van der Waals surface area contributed by atoms with Gasteiger partial charge in [0.25, 0.3) is 0 Å². The molecule has 0 aliphatic heterocycles. The minimum atomic E-state index is 0.461. The quantitative estimate of drug-likeness (QED) is 0.795. The van der Waals surface area contributed by atoms with Crippen molar-refractivity contribution in [1.29, 1.82) is 0 Å². The molecule has 1 aliphatic rings. The molecule has 21 heavy (non-hydrogen) atoms. The first kappa shape index (κ1) is 15.3. The number of aryl methyl sites for hydroxylation is 1. The van der Waals surface area contributed by atoms with Gasteiger partial charge in [0.15, 0.2) is 0 Å². The van der Waals surface area contributed by atoms with Crippen molar-refractivity contribution in [1.82, 2.24) is 10.3 Å². The van der Waals surface area contributed by atoms with Gasteiger partial charge in [-0.1, -0.05) is 36.2 Å². The lowest BCUT2D eigenvalue weighted by Gasteiger charge is -2.22. The summed E-state index contributed by atoms with van der Waals surface area (Å²) in [6.45, 7) is 3.26. The molecule has 0 spiro atoms. The van der Waals surface area contributed by atoms with Crippen molar-refractivity contribution in [3.8, 4) is 10.6 Å². The summed E-state index contributed by atoms with van der Waals surface area (Å²) in [4.78, 5) is 6.23. The van der Waals surface area contributed by atoms with Crippen LogP contribution in [0.4, 0.5) is 0 Å². The standard InChI is InChI=1S/C16H18Cl2N2S/c1-2-8-19-13-4-3-5-14-15(13)21-16(20-14)10-6-7-11(17)12(18)9-10/h6-7,9,13,19H,2-5,8H2,1H3. The molecule has 0 amide bonds. The van der Waals surface area contributed by atoms with Gasteiger partial charge < -0.3 is 5.32 Å². The summed E-state index contributed by atoms with van der Waals surface area (Å²) >= 11 is 13.9. The van der Waals surface area contributed by atoms with Crippen LogP contribution in [0.25, 0.3) is 10.6 Å². The van der Waals surface area contributed by atoms with E-state index in [0.29, 0.717) is 16.1 Å². The van der Waals surface area contributed by atoms with E-state index in [1.54, 1.807) is 11.3 Å². The number of halogens is 2. The number of nitrogens with zero attached hydrogens (tertiary/aromatic N) is 1. The smallest absolute Gasteiger partial charge is 0.123 e.